The van der Waals surface area contributed by atoms with E-state index >= 15 is 0 Å². The number of methoxy groups -OCH3 is 1. The molecule has 0 spiro atoms. The van der Waals surface area contributed by atoms with Crippen LogP contribution in [-0.2, 0) is 16.1 Å². The van der Waals surface area contributed by atoms with Gasteiger partial charge in [-0.15, -0.1) is 0 Å². The first-order valence-electron chi connectivity index (χ1n) is 5.34. The summed E-state index contributed by atoms with van der Waals surface area (Å²) in [4.78, 5) is 11.0. The van der Waals surface area contributed by atoms with E-state index in [1.165, 1.54) is 0 Å². The molecule has 1 rings (SSSR count). The first kappa shape index (κ1) is 12.7. The van der Waals surface area contributed by atoms with Crippen molar-refractivity contribution >= 4 is 5.78 Å². The molecule has 3 nitrogen and oxygen atoms in total. The fourth-order valence-electron chi connectivity index (χ4n) is 1.19. The van der Waals surface area contributed by atoms with Gasteiger partial charge in [-0.05, 0) is 24.6 Å². The van der Waals surface area contributed by atoms with Crippen LogP contribution in [0.4, 0.5) is 0 Å². The normalized spacial score (nSPS) is 12.2. The molecule has 3 heteroatoms. The molecule has 1 aromatic carbocycles. The third-order valence-corrected chi connectivity index (χ3v) is 2.49. The highest BCUT2D eigenvalue weighted by Crippen LogP contribution is 2.12. The Labute approximate surface area is 96.4 Å². The molecule has 0 N–H and O–H groups in total. The number of hydrogen-bond acceptors (Lipinski definition) is 3. The van der Waals surface area contributed by atoms with Crippen LogP contribution < -0.4 is 4.74 Å². The molecule has 88 valence electrons. The smallest absolute Gasteiger partial charge is 0.134 e. The summed E-state index contributed by atoms with van der Waals surface area (Å²) in [5.41, 5.74) is 1.08. The van der Waals surface area contributed by atoms with Gasteiger partial charge in [-0.1, -0.05) is 19.1 Å². The Morgan fingerprint density at radius 1 is 1.31 bits per heavy atom. The van der Waals surface area contributed by atoms with Crippen molar-refractivity contribution in [3.05, 3.63) is 29.8 Å². The lowest BCUT2D eigenvalue weighted by Gasteiger charge is -2.09. The van der Waals surface area contributed by atoms with Gasteiger partial charge in [0.1, 0.15) is 11.5 Å². The fourth-order valence-corrected chi connectivity index (χ4v) is 1.19. The molecule has 0 aliphatic heterocycles. The number of Topliss-reactive ketones (excluding diaryl/α,β-unsaturated/α-hetero) is 1. The monoisotopic (exact) mass is 222 g/mol. The topological polar surface area (TPSA) is 35.5 Å². The van der Waals surface area contributed by atoms with Crippen LogP contribution in [0, 0.1) is 5.92 Å². The van der Waals surface area contributed by atoms with Gasteiger partial charge in [-0.3, -0.25) is 4.79 Å². The molecule has 1 atom stereocenters. The van der Waals surface area contributed by atoms with Gasteiger partial charge in [-0.2, -0.15) is 0 Å². The minimum Gasteiger partial charge on any atom is -0.497 e. The Kier molecular flexibility index (Phi) is 4.99. The van der Waals surface area contributed by atoms with E-state index in [2.05, 4.69) is 0 Å². The van der Waals surface area contributed by atoms with Crippen LogP contribution in [-0.4, -0.2) is 19.5 Å². The second kappa shape index (κ2) is 6.28. The fraction of sp³-hybridized carbons (Fsp3) is 0.462. The Morgan fingerprint density at radius 3 is 2.44 bits per heavy atom. The standard InChI is InChI=1S/C13H18O3/c1-10(11(2)14)8-16-9-12-4-6-13(15-3)7-5-12/h4-7,10H,8-9H2,1-3H3/t10-/m1/s1. The summed E-state index contributed by atoms with van der Waals surface area (Å²) in [5, 5.41) is 0. The predicted molar refractivity (Wildman–Crippen MR) is 62.5 cm³/mol. The summed E-state index contributed by atoms with van der Waals surface area (Å²) in [7, 11) is 1.64. The van der Waals surface area contributed by atoms with Crippen molar-refractivity contribution in [3.63, 3.8) is 0 Å². The lowest BCUT2D eigenvalue weighted by molar-refractivity contribution is -0.122. The van der Waals surface area contributed by atoms with Crippen LogP contribution in [0.1, 0.15) is 19.4 Å². The molecule has 0 saturated heterocycles. The van der Waals surface area contributed by atoms with Crippen LogP contribution in [0.3, 0.4) is 0 Å². The molecule has 0 bridgehead atoms. The zero-order valence-electron chi connectivity index (χ0n) is 10.0. The molecule has 0 unspecified atom stereocenters. The van der Waals surface area contributed by atoms with Crippen LogP contribution in [0.5, 0.6) is 5.75 Å². The highest BCUT2D eigenvalue weighted by molar-refractivity contribution is 5.77. The maximum absolute atomic E-state index is 11.0. The molecule has 0 saturated carbocycles. The van der Waals surface area contributed by atoms with Gasteiger partial charge in [0.25, 0.3) is 0 Å². The van der Waals surface area contributed by atoms with Gasteiger partial charge in [0.15, 0.2) is 0 Å². The molecule has 0 amide bonds. The van der Waals surface area contributed by atoms with Crippen molar-refractivity contribution in [2.75, 3.05) is 13.7 Å². The zero-order valence-corrected chi connectivity index (χ0v) is 10.0. The molecule has 0 aromatic heterocycles. The van der Waals surface area contributed by atoms with Gasteiger partial charge in [-0.25, -0.2) is 0 Å². The second-order valence-electron chi connectivity index (χ2n) is 3.87. The van der Waals surface area contributed by atoms with Gasteiger partial charge in [0, 0.05) is 5.92 Å². The lowest BCUT2D eigenvalue weighted by atomic mass is 10.1. The minimum atomic E-state index is -0.0294. The van der Waals surface area contributed by atoms with E-state index in [-0.39, 0.29) is 11.7 Å². The molecule has 0 heterocycles. The van der Waals surface area contributed by atoms with Crippen molar-refractivity contribution in [2.45, 2.75) is 20.5 Å². The Morgan fingerprint density at radius 2 is 1.94 bits per heavy atom. The van der Waals surface area contributed by atoms with Crippen molar-refractivity contribution in [3.8, 4) is 5.75 Å². The molecule has 0 fully saturated rings. The van der Waals surface area contributed by atoms with Crippen molar-refractivity contribution in [1.29, 1.82) is 0 Å². The molecule has 0 radical (unpaired) electrons. The third kappa shape index (κ3) is 4.03. The van der Waals surface area contributed by atoms with Crippen molar-refractivity contribution in [1.82, 2.24) is 0 Å². The molecule has 0 aliphatic rings. The SMILES string of the molecule is COc1ccc(COC[C@@H](C)C(C)=O)cc1. The van der Waals surface area contributed by atoms with Crippen molar-refractivity contribution < 1.29 is 14.3 Å². The third-order valence-electron chi connectivity index (χ3n) is 2.49. The zero-order chi connectivity index (χ0) is 12.0. The maximum atomic E-state index is 11.0. The van der Waals surface area contributed by atoms with Crippen LogP contribution >= 0.6 is 0 Å². The largest absolute Gasteiger partial charge is 0.497 e. The average Bonchev–Trinajstić information content (AvgIpc) is 2.29. The van der Waals surface area contributed by atoms with E-state index in [9.17, 15) is 4.79 Å². The molecule has 16 heavy (non-hydrogen) atoms. The number of carbonyl (C=O) groups is 1. The molecule has 1 aromatic rings. The predicted octanol–water partition coefficient (Wildman–Crippen LogP) is 2.44. The van der Waals surface area contributed by atoms with Gasteiger partial charge in [0.2, 0.25) is 0 Å². The van der Waals surface area contributed by atoms with E-state index < -0.39 is 0 Å². The average molecular weight is 222 g/mol. The second-order valence-corrected chi connectivity index (χ2v) is 3.87. The van der Waals surface area contributed by atoms with E-state index in [4.69, 9.17) is 9.47 Å². The molecular formula is C13H18O3. The van der Waals surface area contributed by atoms with Gasteiger partial charge < -0.3 is 9.47 Å². The minimum absolute atomic E-state index is 0.0294. The van der Waals surface area contributed by atoms with Crippen LogP contribution in [0.25, 0.3) is 0 Å². The summed E-state index contributed by atoms with van der Waals surface area (Å²) in [6, 6.07) is 7.70. The summed E-state index contributed by atoms with van der Waals surface area (Å²) in [6.07, 6.45) is 0. The Bertz CT molecular complexity index is 330. The molecule has 0 aliphatic carbocycles. The highest BCUT2D eigenvalue weighted by Gasteiger charge is 2.07. The van der Waals surface area contributed by atoms with Crippen LogP contribution in [0.2, 0.25) is 0 Å². The Hall–Kier alpha value is -1.35. The summed E-state index contributed by atoms with van der Waals surface area (Å²) >= 11 is 0. The summed E-state index contributed by atoms with van der Waals surface area (Å²) in [5.74, 6) is 0.967. The summed E-state index contributed by atoms with van der Waals surface area (Å²) in [6.45, 7) is 4.46. The van der Waals surface area contributed by atoms with Crippen molar-refractivity contribution in [2.24, 2.45) is 5.92 Å². The number of rotatable bonds is 6. The summed E-state index contributed by atoms with van der Waals surface area (Å²) < 4.78 is 10.5. The number of carbonyl (C=O) groups excluding carboxylic acids is 1. The molecular weight excluding hydrogens is 204 g/mol. The van der Waals surface area contributed by atoms with Gasteiger partial charge >= 0.3 is 0 Å². The first-order chi connectivity index (χ1) is 7.63. The number of benzene rings is 1. The number of ether oxygens (including phenoxy) is 2. The maximum Gasteiger partial charge on any atom is 0.134 e. The highest BCUT2D eigenvalue weighted by atomic mass is 16.5. The van der Waals surface area contributed by atoms with E-state index in [0.717, 1.165) is 11.3 Å². The lowest BCUT2D eigenvalue weighted by Crippen LogP contribution is -2.13. The number of ketones is 1. The van der Waals surface area contributed by atoms with E-state index in [0.29, 0.717) is 13.2 Å². The van der Waals surface area contributed by atoms with Crippen LogP contribution in [0.15, 0.2) is 24.3 Å². The quantitative estimate of drug-likeness (QED) is 0.741. The first-order valence-corrected chi connectivity index (χ1v) is 5.34. The number of hydrogen-bond donors (Lipinski definition) is 0. The van der Waals surface area contributed by atoms with E-state index in [1.807, 2.05) is 31.2 Å². The Balaban J connectivity index is 2.34. The van der Waals surface area contributed by atoms with Gasteiger partial charge in [0.05, 0.1) is 20.3 Å². The van der Waals surface area contributed by atoms with E-state index in [1.54, 1.807) is 14.0 Å².